The summed E-state index contributed by atoms with van der Waals surface area (Å²) in [7, 11) is 3.59. The van der Waals surface area contributed by atoms with Gasteiger partial charge in [0.05, 0.1) is 19.8 Å². The number of nitrogens with zero attached hydrogens (tertiary/aromatic N) is 3. The number of carbonyl (C=O) groups excluding carboxylic acids is 2. The number of carboxylic acids is 1. The fourth-order valence-electron chi connectivity index (χ4n) is 4.32. The number of carbonyl (C=O) groups is 3. The monoisotopic (exact) mass is 501 g/mol. The van der Waals surface area contributed by atoms with Crippen molar-refractivity contribution >= 4 is 17.8 Å². The summed E-state index contributed by atoms with van der Waals surface area (Å²) >= 11 is 0. The number of amides is 2. The molecule has 1 spiro atoms. The largest absolute Gasteiger partial charge is 0.490 e. The highest BCUT2D eigenvalue weighted by atomic mass is 19.4. The van der Waals surface area contributed by atoms with E-state index in [1.807, 2.05) is 30.9 Å². The van der Waals surface area contributed by atoms with Gasteiger partial charge in [-0.2, -0.15) is 13.2 Å². The Morgan fingerprint density at radius 3 is 2.09 bits per heavy atom. The number of likely N-dealkylation sites (tertiary alicyclic amines) is 1. The van der Waals surface area contributed by atoms with Gasteiger partial charge in [0.2, 0.25) is 5.91 Å². The van der Waals surface area contributed by atoms with Crippen molar-refractivity contribution in [1.82, 2.24) is 14.7 Å². The Labute approximate surface area is 203 Å². The van der Waals surface area contributed by atoms with Gasteiger partial charge < -0.3 is 19.6 Å². The lowest BCUT2D eigenvalue weighted by atomic mass is 9.78. The smallest absolute Gasteiger partial charge is 0.475 e. The maximum absolute atomic E-state index is 13.0. The molecule has 0 bridgehead atoms. The van der Waals surface area contributed by atoms with Gasteiger partial charge in [0.1, 0.15) is 0 Å². The molecule has 0 unspecified atom stereocenters. The Hall–Kier alpha value is -2.66. The predicted molar refractivity (Wildman–Crippen MR) is 123 cm³/mol. The van der Waals surface area contributed by atoms with Gasteiger partial charge in [0, 0.05) is 51.3 Å². The SMILES string of the molecule is Cc1cc(C)cc(C(=O)N2CCC3(CC2)COCCN(CC(=O)N(C)C)C3)c1.O=C(O)C(F)(F)F. The van der Waals surface area contributed by atoms with E-state index in [0.29, 0.717) is 19.8 Å². The van der Waals surface area contributed by atoms with E-state index in [0.717, 1.165) is 55.7 Å². The number of hydrogen-bond acceptors (Lipinski definition) is 5. The molecule has 0 saturated carbocycles. The van der Waals surface area contributed by atoms with Gasteiger partial charge in [0.15, 0.2) is 0 Å². The molecule has 2 fully saturated rings. The molecule has 196 valence electrons. The predicted octanol–water partition coefficient (Wildman–Crippen LogP) is 2.58. The van der Waals surface area contributed by atoms with Crippen molar-refractivity contribution in [3.63, 3.8) is 0 Å². The summed E-state index contributed by atoms with van der Waals surface area (Å²) in [6.45, 7) is 8.99. The lowest BCUT2D eigenvalue weighted by Gasteiger charge is -2.42. The second kappa shape index (κ2) is 11.9. The fourth-order valence-corrected chi connectivity index (χ4v) is 4.32. The Morgan fingerprint density at radius 2 is 1.60 bits per heavy atom. The van der Waals surface area contributed by atoms with E-state index in [2.05, 4.69) is 11.0 Å². The minimum Gasteiger partial charge on any atom is -0.475 e. The van der Waals surface area contributed by atoms with Crippen LogP contribution in [0.5, 0.6) is 0 Å². The third kappa shape index (κ3) is 8.50. The van der Waals surface area contributed by atoms with E-state index in [-0.39, 0.29) is 17.2 Å². The number of aryl methyl sites for hydroxylation is 2. The third-order valence-electron chi connectivity index (χ3n) is 6.20. The summed E-state index contributed by atoms with van der Waals surface area (Å²) in [4.78, 5) is 39.8. The number of aliphatic carboxylic acids is 1. The van der Waals surface area contributed by atoms with Crippen molar-refractivity contribution in [3.8, 4) is 0 Å². The van der Waals surface area contributed by atoms with Crippen LogP contribution < -0.4 is 0 Å². The number of likely N-dealkylation sites (N-methyl/N-ethyl adjacent to an activating group) is 1. The average Bonchev–Trinajstić information content (AvgIpc) is 2.94. The number of rotatable bonds is 3. The van der Waals surface area contributed by atoms with Crippen molar-refractivity contribution in [2.45, 2.75) is 32.9 Å². The lowest BCUT2D eigenvalue weighted by molar-refractivity contribution is -0.192. The lowest BCUT2D eigenvalue weighted by Crippen LogP contribution is -2.50. The number of alkyl halides is 3. The molecule has 1 N–H and O–H groups in total. The summed E-state index contributed by atoms with van der Waals surface area (Å²) in [5.41, 5.74) is 3.05. The van der Waals surface area contributed by atoms with E-state index < -0.39 is 12.1 Å². The number of piperidine rings is 1. The van der Waals surface area contributed by atoms with E-state index in [1.54, 1.807) is 19.0 Å². The van der Waals surface area contributed by atoms with Gasteiger partial charge in [-0.05, 0) is 38.8 Å². The summed E-state index contributed by atoms with van der Waals surface area (Å²) in [5.74, 6) is -2.51. The Balaban J connectivity index is 0.000000540. The maximum Gasteiger partial charge on any atom is 0.490 e. The first-order valence-corrected chi connectivity index (χ1v) is 11.4. The topological polar surface area (TPSA) is 90.4 Å². The van der Waals surface area contributed by atoms with Crippen LogP contribution in [0.4, 0.5) is 13.2 Å². The Bertz CT molecular complexity index is 892. The first-order valence-electron chi connectivity index (χ1n) is 11.4. The van der Waals surface area contributed by atoms with Crippen LogP contribution in [-0.2, 0) is 14.3 Å². The molecule has 3 rings (SSSR count). The summed E-state index contributed by atoms with van der Waals surface area (Å²) < 4.78 is 37.6. The van der Waals surface area contributed by atoms with Crippen molar-refractivity contribution in [2.24, 2.45) is 5.41 Å². The molecule has 2 heterocycles. The molecular weight excluding hydrogens is 467 g/mol. The van der Waals surface area contributed by atoms with Gasteiger partial charge >= 0.3 is 12.1 Å². The minimum atomic E-state index is -5.08. The minimum absolute atomic E-state index is 0.0302. The molecular formula is C24H34F3N3O5. The molecule has 2 aliphatic heterocycles. The standard InChI is InChI=1S/C22H33N3O3.C2HF3O2/c1-17-11-18(2)13-19(12-17)21(27)25-7-5-22(6-8-25)15-24(9-10-28-16-22)14-20(26)23(3)4;3-2(4,5)1(6)7/h11-13H,5-10,14-16H2,1-4H3;(H,6,7). The molecule has 0 aromatic heterocycles. The molecule has 2 aliphatic rings. The van der Waals surface area contributed by atoms with Gasteiger partial charge in [-0.15, -0.1) is 0 Å². The summed E-state index contributed by atoms with van der Waals surface area (Å²) in [5, 5.41) is 7.12. The van der Waals surface area contributed by atoms with Gasteiger partial charge in [-0.25, -0.2) is 4.79 Å². The fraction of sp³-hybridized carbons (Fsp3) is 0.625. The van der Waals surface area contributed by atoms with Crippen LogP contribution in [0.25, 0.3) is 0 Å². The summed E-state index contributed by atoms with van der Waals surface area (Å²) in [6.07, 6.45) is -3.26. The van der Waals surface area contributed by atoms with Crippen LogP contribution in [0.2, 0.25) is 0 Å². The van der Waals surface area contributed by atoms with Crippen molar-refractivity contribution < 1.29 is 37.4 Å². The first kappa shape index (κ1) is 28.6. The summed E-state index contributed by atoms with van der Waals surface area (Å²) in [6, 6.07) is 6.04. The molecule has 0 atom stereocenters. The number of benzene rings is 1. The molecule has 0 radical (unpaired) electrons. The van der Waals surface area contributed by atoms with E-state index >= 15 is 0 Å². The van der Waals surface area contributed by atoms with Crippen molar-refractivity contribution in [1.29, 1.82) is 0 Å². The zero-order chi connectivity index (χ0) is 26.4. The van der Waals surface area contributed by atoms with Gasteiger partial charge in [-0.1, -0.05) is 17.2 Å². The average molecular weight is 502 g/mol. The number of ether oxygens (including phenoxy) is 1. The highest BCUT2D eigenvalue weighted by molar-refractivity contribution is 5.94. The molecule has 1 aromatic rings. The molecule has 35 heavy (non-hydrogen) atoms. The third-order valence-corrected chi connectivity index (χ3v) is 6.20. The quantitative estimate of drug-likeness (QED) is 0.685. The highest BCUT2D eigenvalue weighted by Crippen LogP contribution is 2.35. The zero-order valence-electron chi connectivity index (χ0n) is 20.7. The van der Waals surface area contributed by atoms with Crippen LogP contribution in [0, 0.1) is 19.3 Å². The second-order valence-electron chi connectivity index (χ2n) is 9.52. The van der Waals surface area contributed by atoms with Crippen LogP contribution in [0.1, 0.15) is 34.3 Å². The first-order chi connectivity index (χ1) is 16.2. The van der Waals surface area contributed by atoms with Crippen molar-refractivity contribution in [2.75, 3.05) is 60.0 Å². The maximum atomic E-state index is 13.0. The molecule has 0 aliphatic carbocycles. The van der Waals surface area contributed by atoms with Crippen LogP contribution in [0.3, 0.4) is 0 Å². The van der Waals surface area contributed by atoms with E-state index in [9.17, 15) is 22.8 Å². The van der Waals surface area contributed by atoms with Crippen molar-refractivity contribution in [3.05, 3.63) is 34.9 Å². The zero-order valence-corrected chi connectivity index (χ0v) is 20.7. The van der Waals surface area contributed by atoms with E-state index in [1.165, 1.54) is 0 Å². The van der Waals surface area contributed by atoms with E-state index in [4.69, 9.17) is 14.6 Å². The number of carboxylic acid groups (broad SMARTS) is 1. The highest BCUT2D eigenvalue weighted by Gasteiger charge is 2.40. The van der Waals surface area contributed by atoms with Crippen LogP contribution in [-0.4, -0.2) is 104 Å². The molecule has 11 heteroatoms. The van der Waals surface area contributed by atoms with Crippen LogP contribution >= 0.6 is 0 Å². The normalized spacial score (nSPS) is 18.3. The molecule has 2 saturated heterocycles. The Kier molecular flexibility index (Phi) is 9.68. The molecule has 8 nitrogen and oxygen atoms in total. The van der Waals surface area contributed by atoms with Gasteiger partial charge in [-0.3, -0.25) is 14.5 Å². The molecule has 1 aromatic carbocycles. The Morgan fingerprint density at radius 1 is 1.06 bits per heavy atom. The van der Waals surface area contributed by atoms with Crippen LogP contribution in [0.15, 0.2) is 18.2 Å². The van der Waals surface area contributed by atoms with Gasteiger partial charge in [0.25, 0.3) is 5.91 Å². The number of hydrogen-bond donors (Lipinski definition) is 1. The second-order valence-corrected chi connectivity index (χ2v) is 9.52. The molecule has 2 amide bonds. The number of halogens is 3.